The summed E-state index contributed by atoms with van der Waals surface area (Å²) < 4.78 is 9.61. The predicted molar refractivity (Wildman–Crippen MR) is 187 cm³/mol. The number of carbonyl (C=O) groups is 2. The molecule has 0 aliphatic rings. The zero-order chi connectivity index (χ0) is 34.8. The van der Waals surface area contributed by atoms with Crippen LogP contribution < -0.4 is 15.8 Å². The van der Waals surface area contributed by atoms with Crippen LogP contribution in [0.5, 0.6) is 11.5 Å². The highest BCUT2D eigenvalue weighted by molar-refractivity contribution is 5.96. The second-order valence-electron chi connectivity index (χ2n) is 11.5. The number of carbonyl (C=O) groups excluding carboxylic acids is 1. The van der Waals surface area contributed by atoms with Crippen LogP contribution in [0.3, 0.4) is 0 Å². The highest BCUT2D eigenvalue weighted by atomic mass is 16.5. The van der Waals surface area contributed by atoms with Crippen molar-refractivity contribution in [3.63, 3.8) is 0 Å². The van der Waals surface area contributed by atoms with Crippen LogP contribution in [-0.4, -0.2) is 77.6 Å². The number of nitrogens with two attached hydrogens (primary N) is 1. The zero-order valence-electron chi connectivity index (χ0n) is 27.8. The van der Waals surface area contributed by atoms with Gasteiger partial charge in [0.1, 0.15) is 29.7 Å². The maximum absolute atomic E-state index is 12.4. The summed E-state index contributed by atoms with van der Waals surface area (Å²) in [6.07, 6.45) is 13.5. The third kappa shape index (κ3) is 9.67. The number of ether oxygens (including phenoxy) is 1. The number of hydrogen-bond donors (Lipinski definition) is 3. The first kappa shape index (κ1) is 35.2. The molecule has 48 heavy (non-hydrogen) atoms. The van der Waals surface area contributed by atoms with E-state index in [2.05, 4.69) is 32.1 Å². The highest BCUT2D eigenvalue weighted by Gasteiger charge is 2.15. The van der Waals surface area contributed by atoms with Crippen LogP contribution >= 0.6 is 0 Å². The maximum Gasteiger partial charge on any atom is 0.300 e. The molecule has 0 saturated carbocycles. The molecule has 4 aromatic heterocycles. The molecule has 13 heteroatoms. The number of fused-ring (bicyclic) bond motifs is 2. The molecular weight excluding hydrogens is 610 g/mol. The number of Topliss-reactive ketones (excluding diaryl/α,β-unsaturated/α-hetero) is 1. The summed E-state index contributed by atoms with van der Waals surface area (Å²) in [6, 6.07) is 11.4. The first-order valence-electron chi connectivity index (χ1n) is 15.3. The van der Waals surface area contributed by atoms with Gasteiger partial charge in [-0.15, -0.1) is 0 Å². The molecule has 0 spiro atoms. The number of carboxylic acid groups (broad SMARTS) is 1. The van der Waals surface area contributed by atoms with Gasteiger partial charge in [0.15, 0.2) is 17.2 Å². The lowest BCUT2D eigenvalue weighted by atomic mass is 10.0. The molecule has 0 aliphatic carbocycles. The van der Waals surface area contributed by atoms with Crippen LogP contribution in [0.25, 0.3) is 16.7 Å². The van der Waals surface area contributed by atoms with Gasteiger partial charge in [0.25, 0.3) is 5.97 Å². The van der Waals surface area contributed by atoms with Crippen molar-refractivity contribution in [1.29, 1.82) is 0 Å². The largest absolute Gasteiger partial charge is 0.481 e. The molecule has 0 fully saturated rings. The van der Waals surface area contributed by atoms with Gasteiger partial charge in [0, 0.05) is 61.2 Å². The van der Waals surface area contributed by atoms with Crippen molar-refractivity contribution >= 4 is 40.0 Å². The summed E-state index contributed by atoms with van der Waals surface area (Å²) in [7, 11) is 3.84. The van der Waals surface area contributed by atoms with Crippen molar-refractivity contribution in [3.8, 4) is 11.5 Å². The van der Waals surface area contributed by atoms with Crippen molar-refractivity contribution in [2.45, 2.75) is 39.7 Å². The van der Waals surface area contributed by atoms with E-state index in [9.17, 15) is 4.79 Å². The lowest BCUT2D eigenvalue weighted by molar-refractivity contribution is -0.134. The number of allylic oxidation sites excluding steroid dienone is 3. The zero-order valence-corrected chi connectivity index (χ0v) is 27.8. The van der Waals surface area contributed by atoms with Gasteiger partial charge in [0.2, 0.25) is 0 Å². The van der Waals surface area contributed by atoms with Crippen LogP contribution in [0, 0.1) is 6.92 Å². The van der Waals surface area contributed by atoms with Crippen LogP contribution in [0.4, 0.5) is 11.5 Å². The van der Waals surface area contributed by atoms with Crippen LogP contribution in [0.2, 0.25) is 0 Å². The van der Waals surface area contributed by atoms with E-state index >= 15 is 0 Å². The van der Waals surface area contributed by atoms with Crippen LogP contribution in [-0.2, 0) is 9.59 Å². The van der Waals surface area contributed by atoms with Crippen LogP contribution in [0.1, 0.15) is 37.8 Å². The fourth-order valence-corrected chi connectivity index (χ4v) is 4.87. The van der Waals surface area contributed by atoms with Gasteiger partial charge >= 0.3 is 0 Å². The Kier molecular flexibility index (Phi) is 11.9. The molecule has 1 atom stereocenters. The van der Waals surface area contributed by atoms with Crippen molar-refractivity contribution in [1.82, 2.24) is 34.1 Å². The summed E-state index contributed by atoms with van der Waals surface area (Å²) in [5.74, 6) is 1.26. The molecule has 0 radical (unpaired) electrons. The number of ketones is 1. The Morgan fingerprint density at radius 3 is 2.46 bits per heavy atom. The first-order valence-corrected chi connectivity index (χ1v) is 15.3. The smallest absolute Gasteiger partial charge is 0.300 e. The average molecular weight is 652 g/mol. The Bertz CT molecular complexity index is 1970. The van der Waals surface area contributed by atoms with E-state index in [1.165, 1.54) is 12.7 Å². The fraction of sp³-hybridized carbons (Fsp3) is 0.257. The molecule has 0 saturated heterocycles. The Morgan fingerprint density at radius 1 is 1.06 bits per heavy atom. The van der Waals surface area contributed by atoms with Gasteiger partial charge in [-0.25, -0.2) is 19.0 Å². The molecule has 1 unspecified atom stereocenters. The number of aromatic nitrogens is 6. The fourth-order valence-electron chi connectivity index (χ4n) is 4.87. The maximum atomic E-state index is 12.4. The van der Waals surface area contributed by atoms with Gasteiger partial charge in [-0.05, 0) is 75.8 Å². The Hall–Kier alpha value is -5.66. The molecule has 13 nitrogen and oxygen atoms in total. The molecule has 5 aromatic rings. The number of hydrogen-bond acceptors (Lipinski definition) is 10. The van der Waals surface area contributed by atoms with Crippen molar-refractivity contribution in [2.24, 2.45) is 5.73 Å². The van der Waals surface area contributed by atoms with Gasteiger partial charge in [-0.3, -0.25) is 9.59 Å². The molecule has 4 heterocycles. The Labute approximate surface area is 279 Å². The highest BCUT2D eigenvalue weighted by Crippen LogP contribution is 2.32. The lowest BCUT2D eigenvalue weighted by Crippen LogP contribution is -2.18. The van der Waals surface area contributed by atoms with Gasteiger partial charge in [-0.1, -0.05) is 24.8 Å². The van der Waals surface area contributed by atoms with E-state index in [0.717, 1.165) is 40.6 Å². The molecule has 250 valence electrons. The summed E-state index contributed by atoms with van der Waals surface area (Å²) in [5.41, 5.74) is 12.1. The minimum absolute atomic E-state index is 0.0324. The topological polar surface area (TPSA) is 165 Å². The SMILES string of the molecule is C=C(CN(C)C)C(=O)CC=CC/C(=C\C(C)N)c1ccn2ncnc(Nc3ccc(Oc4ccn5ncnc5c4)c(C)c3)c12.CC(=O)O. The van der Waals surface area contributed by atoms with E-state index in [0.29, 0.717) is 42.2 Å². The number of aliphatic carboxylic acids is 1. The number of rotatable bonds is 13. The van der Waals surface area contributed by atoms with Crippen molar-refractivity contribution < 1.29 is 19.4 Å². The number of anilines is 2. The summed E-state index contributed by atoms with van der Waals surface area (Å²) >= 11 is 0. The number of carboxylic acids is 1. The normalized spacial score (nSPS) is 12.3. The third-order valence-corrected chi connectivity index (χ3v) is 6.89. The standard InChI is InChI=1S/C33H37N9O2.C2H4O2/c1-22-16-26(10-11-30(22)44-27-12-14-41-31(18-27)35-20-37-41)39-33-32-28(13-15-42(32)38-21-36-33)25(17-24(3)34)8-6-7-9-29(43)23(2)19-40(4)5;1-2(3)4/h6-7,10-18,20-21,24H,2,8-9,19,34H2,1,3-5H3,(H,36,38,39);1H3,(H,3,4)/b7-6?,25-17+;. The first-order chi connectivity index (χ1) is 22.9. The molecular formula is C35H41N9O4. The van der Waals surface area contributed by atoms with Crippen molar-refractivity contribution in [2.75, 3.05) is 26.0 Å². The second kappa shape index (κ2) is 16.3. The summed E-state index contributed by atoms with van der Waals surface area (Å²) in [4.78, 5) is 32.2. The third-order valence-electron chi connectivity index (χ3n) is 6.89. The lowest BCUT2D eigenvalue weighted by Gasteiger charge is -2.13. The van der Waals surface area contributed by atoms with Gasteiger partial charge in [-0.2, -0.15) is 10.2 Å². The average Bonchev–Trinajstić information content (AvgIpc) is 3.67. The van der Waals surface area contributed by atoms with Crippen molar-refractivity contribution in [3.05, 3.63) is 103 Å². The molecule has 0 bridgehead atoms. The number of likely N-dealkylation sites (N-methyl/N-ethyl adjacent to an activating group) is 1. The van der Waals surface area contributed by atoms with E-state index in [1.807, 2.05) is 99.9 Å². The van der Waals surface area contributed by atoms with Crippen LogP contribution in [0.15, 0.2) is 91.8 Å². The van der Waals surface area contributed by atoms with E-state index in [4.69, 9.17) is 20.4 Å². The molecule has 1 aromatic carbocycles. The minimum Gasteiger partial charge on any atom is -0.481 e. The van der Waals surface area contributed by atoms with E-state index in [-0.39, 0.29) is 11.8 Å². The second-order valence-corrected chi connectivity index (χ2v) is 11.5. The minimum atomic E-state index is -0.833. The number of benzene rings is 1. The number of nitrogens with one attached hydrogen (secondary N) is 1. The number of nitrogens with zero attached hydrogens (tertiary/aromatic N) is 7. The van der Waals surface area contributed by atoms with E-state index in [1.54, 1.807) is 9.03 Å². The van der Waals surface area contributed by atoms with Gasteiger partial charge < -0.3 is 25.8 Å². The summed E-state index contributed by atoms with van der Waals surface area (Å²) in [6.45, 7) is 9.47. The van der Waals surface area contributed by atoms with E-state index < -0.39 is 5.97 Å². The Morgan fingerprint density at radius 2 is 1.75 bits per heavy atom. The quantitative estimate of drug-likeness (QED) is 0.109. The predicted octanol–water partition coefficient (Wildman–Crippen LogP) is 5.46. The number of pyridine rings is 1. The molecule has 0 amide bonds. The van der Waals surface area contributed by atoms with Gasteiger partial charge in [0.05, 0.1) is 0 Å². The number of aryl methyl sites for hydroxylation is 1. The monoisotopic (exact) mass is 651 g/mol. The Balaban J connectivity index is 0.00000123. The molecule has 0 aliphatic heterocycles. The molecule has 5 rings (SSSR count). The summed E-state index contributed by atoms with van der Waals surface area (Å²) in [5, 5.41) is 19.4. The molecule has 4 N–H and O–H groups in total.